The summed E-state index contributed by atoms with van der Waals surface area (Å²) in [6, 6.07) is 14.8. The van der Waals surface area contributed by atoms with Crippen molar-refractivity contribution in [3.8, 4) is 0 Å². The Bertz CT molecular complexity index is 769. The summed E-state index contributed by atoms with van der Waals surface area (Å²) >= 11 is 0. The SMILES string of the molecule is CCOCc1cccc(COCC(c2ccc(C)cc2)S(=O)(=O)O)c1. The second-order valence-corrected chi connectivity index (χ2v) is 7.49. The third-order valence-electron chi connectivity index (χ3n) is 3.81. The van der Waals surface area contributed by atoms with E-state index >= 15 is 0 Å². The maximum absolute atomic E-state index is 11.7. The van der Waals surface area contributed by atoms with Gasteiger partial charge in [-0.1, -0.05) is 54.1 Å². The fourth-order valence-corrected chi connectivity index (χ4v) is 3.22. The standard InChI is InChI=1S/C19H24O5S/c1-3-23-12-16-5-4-6-17(11-16)13-24-14-19(25(20,21)22)18-9-7-15(2)8-10-18/h4-11,19H,3,12-14H2,1-2H3,(H,20,21,22). The van der Waals surface area contributed by atoms with Crippen molar-refractivity contribution in [3.05, 3.63) is 70.8 Å². The van der Waals surface area contributed by atoms with E-state index in [1.54, 1.807) is 12.1 Å². The fraction of sp³-hybridized carbons (Fsp3) is 0.368. The Kier molecular flexibility index (Phi) is 7.13. The van der Waals surface area contributed by atoms with Gasteiger partial charge in [-0.3, -0.25) is 4.55 Å². The summed E-state index contributed by atoms with van der Waals surface area (Å²) in [6.45, 7) is 5.18. The first kappa shape index (κ1) is 19.6. The van der Waals surface area contributed by atoms with E-state index in [0.717, 1.165) is 16.7 Å². The molecular weight excluding hydrogens is 340 g/mol. The predicted molar refractivity (Wildman–Crippen MR) is 96.9 cm³/mol. The highest BCUT2D eigenvalue weighted by atomic mass is 32.2. The molecule has 25 heavy (non-hydrogen) atoms. The van der Waals surface area contributed by atoms with Crippen LogP contribution in [0.15, 0.2) is 48.5 Å². The van der Waals surface area contributed by atoms with Crippen LogP contribution in [-0.4, -0.2) is 26.2 Å². The van der Waals surface area contributed by atoms with E-state index in [4.69, 9.17) is 9.47 Å². The Hall–Kier alpha value is -1.73. The molecule has 136 valence electrons. The van der Waals surface area contributed by atoms with Gasteiger partial charge in [0.25, 0.3) is 10.1 Å². The van der Waals surface area contributed by atoms with Crippen LogP contribution < -0.4 is 0 Å². The molecule has 0 aromatic heterocycles. The molecule has 0 bridgehead atoms. The van der Waals surface area contributed by atoms with E-state index in [1.807, 2.05) is 50.2 Å². The zero-order valence-electron chi connectivity index (χ0n) is 14.5. The van der Waals surface area contributed by atoms with Crippen LogP contribution in [0.4, 0.5) is 0 Å². The van der Waals surface area contributed by atoms with Crippen LogP contribution >= 0.6 is 0 Å². The Balaban J connectivity index is 2.01. The molecule has 0 heterocycles. The summed E-state index contributed by atoms with van der Waals surface area (Å²) in [5.74, 6) is 0. The molecule has 1 N–H and O–H groups in total. The average molecular weight is 364 g/mol. The summed E-state index contributed by atoms with van der Waals surface area (Å²) < 4.78 is 43.8. The van der Waals surface area contributed by atoms with Crippen LogP contribution in [0.1, 0.15) is 34.4 Å². The molecular formula is C19H24O5S. The number of rotatable bonds is 9. The van der Waals surface area contributed by atoms with Crippen molar-refractivity contribution in [2.75, 3.05) is 13.2 Å². The van der Waals surface area contributed by atoms with Gasteiger partial charge in [-0.15, -0.1) is 0 Å². The van der Waals surface area contributed by atoms with Gasteiger partial charge in [0.1, 0.15) is 5.25 Å². The second-order valence-electron chi connectivity index (χ2n) is 5.89. The van der Waals surface area contributed by atoms with Crippen LogP contribution in [0.3, 0.4) is 0 Å². The van der Waals surface area contributed by atoms with Crippen molar-refractivity contribution >= 4 is 10.1 Å². The third kappa shape index (κ3) is 6.25. The zero-order chi connectivity index (χ0) is 18.3. The number of ether oxygens (including phenoxy) is 2. The molecule has 0 saturated carbocycles. The molecule has 2 aromatic rings. The molecule has 0 saturated heterocycles. The summed E-state index contributed by atoms with van der Waals surface area (Å²) in [4.78, 5) is 0. The highest BCUT2D eigenvalue weighted by Crippen LogP contribution is 2.23. The van der Waals surface area contributed by atoms with Crippen molar-refractivity contribution in [1.29, 1.82) is 0 Å². The maximum Gasteiger partial charge on any atom is 0.274 e. The largest absolute Gasteiger partial charge is 0.377 e. The average Bonchev–Trinajstić information content (AvgIpc) is 2.57. The number of benzene rings is 2. The first-order valence-electron chi connectivity index (χ1n) is 8.16. The number of aryl methyl sites for hydroxylation is 1. The summed E-state index contributed by atoms with van der Waals surface area (Å²) in [7, 11) is -4.25. The molecule has 2 rings (SSSR count). The number of hydrogen-bond donors (Lipinski definition) is 1. The zero-order valence-corrected chi connectivity index (χ0v) is 15.3. The quantitative estimate of drug-likeness (QED) is 0.687. The van der Waals surface area contributed by atoms with E-state index in [0.29, 0.717) is 18.8 Å². The molecule has 0 amide bonds. The first-order chi connectivity index (χ1) is 11.9. The molecule has 0 aliphatic heterocycles. The molecule has 0 radical (unpaired) electrons. The third-order valence-corrected chi connectivity index (χ3v) is 4.94. The van der Waals surface area contributed by atoms with Gasteiger partial charge in [-0.2, -0.15) is 8.42 Å². The van der Waals surface area contributed by atoms with Crippen molar-refractivity contribution in [1.82, 2.24) is 0 Å². The maximum atomic E-state index is 11.7. The topological polar surface area (TPSA) is 72.8 Å². The Labute approximate surface area is 149 Å². The van der Waals surface area contributed by atoms with E-state index in [2.05, 4.69) is 0 Å². The van der Waals surface area contributed by atoms with Gasteiger partial charge < -0.3 is 9.47 Å². The summed E-state index contributed by atoms with van der Waals surface area (Å²) in [5, 5.41) is -1.10. The molecule has 1 atom stereocenters. The molecule has 0 spiro atoms. The number of hydrogen-bond acceptors (Lipinski definition) is 4. The lowest BCUT2D eigenvalue weighted by Crippen LogP contribution is -2.18. The smallest absolute Gasteiger partial charge is 0.274 e. The lowest BCUT2D eigenvalue weighted by molar-refractivity contribution is 0.118. The molecule has 0 aliphatic rings. The minimum atomic E-state index is -4.25. The van der Waals surface area contributed by atoms with Crippen molar-refractivity contribution in [3.63, 3.8) is 0 Å². The summed E-state index contributed by atoms with van der Waals surface area (Å²) in [5.41, 5.74) is 3.49. The van der Waals surface area contributed by atoms with E-state index in [1.165, 1.54) is 0 Å². The van der Waals surface area contributed by atoms with Gasteiger partial charge in [0.05, 0.1) is 19.8 Å². The Morgan fingerprint density at radius 1 is 1.00 bits per heavy atom. The molecule has 5 nitrogen and oxygen atoms in total. The van der Waals surface area contributed by atoms with Crippen molar-refractivity contribution in [2.45, 2.75) is 32.3 Å². The van der Waals surface area contributed by atoms with Gasteiger partial charge in [-0.25, -0.2) is 0 Å². The van der Waals surface area contributed by atoms with E-state index < -0.39 is 15.4 Å². The highest BCUT2D eigenvalue weighted by molar-refractivity contribution is 7.86. The van der Waals surface area contributed by atoms with Gasteiger partial charge in [0.15, 0.2) is 0 Å². The minimum Gasteiger partial charge on any atom is -0.377 e. The molecule has 2 aromatic carbocycles. The lowest BCUT2D eigenvalue weighted by Gasteiger charge is -2.15. The van der Waals surface area contributed by atoms with Crippen LogP contribution in [0.25, 0.3) is 0 Å². The Morgan fingerprint density at radius 2 is 1.60 bits per heavy atom. The summed E-state index contributed by atoms with van der Waals surface area (Å²) in [6.07, 6.45) is 0. The van der Waals surface area contributed by atoms with Gasteiger partial charge >= 0.3 is 0 Å². The second kappa shape index (κ2) is 9.10. The molecule has 0 fully saturated rings. The minimum absolute atomic E-state index is 0.114. The fourth-order valence-electron chi connectivity index (χ4n) is 2.45. The Morgan fingerprint density at radius 3 is 2.16 bits per heavy atom. The molecule has 1 unspecified atom stereocenters. The van der Waals surface area contributed by atoms with E-state index in [9.17, 15) is 13.0 Å². The normalized spacial score (nSPS) is 12.9. The van der Waals surface area contributed by atoms with E-state index in [-0.39, 0.29) is 13.2 Å². The van der Waals surface area contributed by atoms with Crippen LogP contribution in [0.5, 0.6) is 0 Å². The van der Waals surface area contributed by atoms with Crippen LogP contribution in [0.2, 0.25) is 0 Å². The van der Waals surface area contributed by atoms with Gasteiger partial charge in [0, 0.05) is 6.61 Å². The first-order valence-corrected chi connectivity index (χ1v) is 9.66. The molecule has 0 aliphatic carbocycles. The monoisotopic (exact) mass is 364 g/mol. The van der Waals surface area contributed by atoms with Crippen molar-refractivity contribution in [2.24, 2.45) is 0 Å². The highest BCUT2D eigenvalue weighted by Gasteiger charge is 2.25. The molecule has 6 heteroatoms. The lowest BCUT2D eigenvalue weighted by atomic mass is 10.1. The predicted octanol–water partition coefficient (Wildman–Crippen LogP) is 3.68. The van der Waals surface area contributed by atoms with Crippen LogP contribution in [-0.2, 0) is 32.8 Å². The van der Waals surface area contributed by atoms with Crippen LogP contribution in [0, 0.1) is 6.92 Å². The van der Waals surface area contributed by atoms with Gasteiger partial charge in [0.2, 0.25) is 0 Å². The van der Waals surface area contributed by atoms with Crippen molar-refractivity contribution < 1.29 is 22.4 Å². The van der Waals surface area contributed by atoms with Gasteiger partial charge in [-0.05, 0) is 30.5 Å².